The van der Waals surface area contributed by atoms with Gasteiger partial charge in [0.15, 0.2) is 0 Å². The number of nitrogens with zero attached hydrogens (tertiary/aromatic N) is 1. The van der Waals surface area contributed by atoms with Gasteiger partial charge in [-0.05, 0) is 26.0 Å². The Labute approximate surface area is 90.2 Å². The van der Waals surface area contributed by atoms with Gasteiger partial charge in [0.2, 0.25) is 0 Å². The van der Waals surface area contributed by atoms with Crippen molar-refractivity contribution < 1.29 is 9.47 Å². The molecule has 1 rings (SSSR count). The molecule has 0 saturated carbocycles. The third-order valence-electron chi connectivity index (χ3n) is 1.94. The lowest BCUT2D eigenvalue weighted by atomic mass is 10.1. The first kappa shape index (κ1) is 11.4. The van der Waals surface area contributed by atoms with E-state index in [9.17, 15) is 0 Å². The molecule has 15 heavy (non-hydrogen) atoms. The van der Waals surface area contributed by atoms with E-state index >= 15 is 0 Å². The first-order valence-electron chi connectivity index (χ1n) is 4.77. The molecule has 80 valence electrons. The van der Waals surface area contributed by atoms with Crippen LogP contribution in [0.2, 0.25) is 0 Å². The number of hydrogen-bond acceptors (Lipinski definition) is 3. The summed E-state index contributed by atoms with van der Waals surface area (Å²) in [6.07, 6.45) is 0.351. The largest absolute Gasteiger partial charge is 0.497 e. The molecule has 0 aliphatic heterocycles. The highest BCUT2D eigenvalue weighted by Gasteiger charge is 2.19. The Morgan fingerprint density at radius 2 is 2.00 bits per heavy atom. The van der Waals surface area contributed by atoms with Gasteiger partial charge in [0.1, 0.15) is 17.1 Å². The van der Waals surface area contributed by atoms with Gasteiger partial charge in [-0.15, -0.1) is 0 Å². The van der Waals surface area contributed by atoms with Crippen molar-refractivity contribution in [2.24, 2.45) is 0 Å². The van der Waals surface area contributed by atoms with Crippen LogP contribution < -0.4 is 9.47 Å². The molecule has 0 saturated heterocycles. The van der Waals surface area contributed by atoms with E-state index in [1.807, 2.05) is 32.0 Å². The van der Waals surface area contributed by atoms with Crippen molar-refractivity contribution in [1.82, 2.24) is 0 Å². The molecule has 0 aliphatic rings. The molecule has 1 aromatic rings. The number of nitriles is 1. The highest BCUT2D eigenvalue weighted by Crippen LogP contribution is 2.24. The van der Waals surface area contributed by atoms with Gasteiger partial charge in [-0.2, -0.15) is 5.26 Å². The molecule has 0 bridgehead atoms. The Bertz CT molecular complexity index is 366. The number of methoxy groups -OCH3 is 1. The van der Waals surface area contributed by atoms with Gasteiger partial charge in [0.25, 0.3) is 0 Å². The third kappa shape index (κ3) is 3.51. The Kier molecular flexibility index (Phi) is 3.56. The highest BCUT2D eigenvalue weighted by molar-refractivity contribution is 5.33. The van der Waals surface area contributed by atoms with Crippen molar-refractivity contribution in [2.75, 3.05) is 7.11 Å². The molecule has 0 spiro atoms. The number of benzene rings is 1. The molecule has 0 atom stereocenters. The number of ether oxygens (including phenoxy) is 2. The van der Waals surface area contributed by atoms with Gasteiger partial charge in [-0.1, -0.05) is 6.07 Å². The Morgan fingerprint density at radius 3 is 2.60 bits per heavy atom. The molecule has 0 aromatic heterocycles. The molecule has 0 radical (unpaired) electrons. The van der Waals surface area contributed by atoms with Gasteiger partial charge in [0.05, 0.1) is 19.6 Å². The van der Waals surface area contributed by atoms with Crippen molar-refractivity contribution in [3.05, 3.63) is 24.3 Å². The summed E-state index contributed by atoms with van der Waals surface area (Å²) < 4.78 is 10.8. The first-order valence-corrected chi connectivity index (χ1v) is 4.77. The van der Waals surface area contributed by atoms with Crippen LogP contribution in [0.1, 0.15) is 20.3 Å². The minimum absolute atomic E-state index is 0.351. The van der Waals surface area contributed by atoms with Crippen LogP contribution in [0.25, 0.3) is 0 Å². The van der Waals surface area contributed by atoms with Crippen LogP contribution in [0.15, 0.2) is 24.3 Å². The van der Waals surface area contributed by atoms with Gasteiger partial charge < -0.3 is 9.47 Å². The fourth-order valence-corrected chi connectivity index (χ4v) is 1.21. The molecule has 0 fully saturated rings. The summed E-state index contributed by atoms with van der Waals surface area (Å²) in [5.41, 5.74) is -0.471. The molecule has 0 N–H and O–H groups in total. The highest BCUT2D eigenvalue weighted by atomic mass is 16.5. The summed E-state index contributed by atoms with van der Waals surface area (Å²) in [4.78, 5) is 0. The second-order valence-corrected chi connectivity index (χ2v) is 3.88. The SMILES string of the molecule is COc1cccc(OC(C)(C)CC#N)c1. The Balaban J connectivity index is 2.76. The van der Waals surface area contributed by atoms with E-state index in [1.165, 1.54) is 0 Å². The Morgan fingerprint density at radius 1 is 1.33 bits per heavy atom. The lowest BCUT2D eigenvalue weighted by Gasteiger charge is -2.23. The lowest BCUT2D eigenvalue weighted by Crippen LogP contribution is -2.27. The van der Waals surface area contributed by atoms with E-state index in [4.69, 9.17) is 14.7 Å². The van der Waals surface area contributed by atoms with Gasteiger partial charge in [0, 0.05) is 6.07 Å². The summed E-state index contributed by atoms with van der Waals surface area (Å²) in [6, 6.07) is 9.46. The second kappa shape index (κ2) is 4.70. The van der Waals surface area contributed by atoms with Crippen LogP contribution >= 0.6 is 0 Å². The molecule has 0 unspecified atom stereocenters. The predicted molar refractivity (Wildman–Crippen MR) is 57.9 cm³/mol. The molecule has 3 nitrogen and oxygen atoms in total. The van der Waals surface area contributed by atoms with Crippen LogP contribution in [0.3, 0.4) is 0 Å². The number of hydrogen-bond donors (Lipinski definition) is 0. The van der Waals surface area contributed by atoms with Crippen LogP contribution in [0, 0.1) is 11.3 Å². The predicted octanol–water partition coefficient (Wildman–Crippen LogP) is 2.77. The van der Waals surface area contributed by atoms with Crippen molar-refractivity contribution in [3.8, 4) is 17.6 Å². The molecule has 0 heterocycles. The summed E-state index contributed by atoms with van der Waals surface area (Å²) in [5, 5.41) is 8.63. The van der Waals surface area contributed by atoms with Crippen LogP contribution in [-0.4, -0.2) is 12.7 Å². The van der Waals surface area contributed by atoms with E-state index in [0.717, 1.165) is 11.5 Å². The van der Waals surface area contributed by atoms with Crippen LogP contribution in [0.5, 0.6) is 11.5 Å². The molecule has 1 aromatic carbocycles. The van der Waals surface area contributed by atoms with E-state index in [-0.39, 0.29) is 0 Å². The minimum atomic E-state index is -0.471. The summed E-state index contributed by atoms with van der Waals surface area (Å²) in [5.74, 6) is 1.47. The van der Waals surface area contributed by atoms with Gasteiger partial charge >= 0.3 is 0 Å². The molecule has 0 amide bonds. The fraction of sp³-hybridized carbons (Fsp3) is 0.417. The van der Waals surface area contributed by atoms with E-state index in [1.54, 1.807) is 13.2 Å². The van der Waals surface area contributed by atoms with E-state index < -0.39 is 5.60 Å². The maximum atomic E-state index is 8.63. The van der Waals surface area contributed by atoms with Gasteiger partial charge in [-0.3, -0.25) is 0 Å². The Hall–Kier alpha value is -1.69. The number of rotatable bonds is 4. The summed E-state index contributed by atoms with van der Waals surface area (Å²) in [7, 11) is 1.61. The van der Waals surface area contributed by atoms with Crippen molar-refractivity contribution in [1.29, 1.82) is 5.26 Å². The third-order valence-corrected chi connectivity index (χ3v) is 1.94. The van der Waals surface area contributed by atoms with Crippen LogP contribution in [-0.2, 0) is 0 Å². The average Bonchev–Trinajstić information content (AvgIpc) is 2.17. The summed E-state index contributed by atoms with van der Waals surface area (Å²) in [6.45, 7) is 3.77. The topological polar surface area (TPSA) is 42.2 Å². The minimum Gasteiger partial charge on any atom is -0.497 e. The maximum Gasteiger partial charge on any atom is 0.123 e. The van der Waals surface area contributed by atoms with Gasteiger partial charge in [-0.25, -0.2) is 0 Å². The molecule has 3 heteroatoms. The zero-order chi connectivity index (χ0) is 11.3. The fourth-order valence-electron chi connectivity index (χ4n) is 1.21. The summed E-state index contributed by atoms with van der Waals surface area (Å²) >= 11 is 0. The van der Waals surface area contributed by atoms with Crippen LogP contribution in [0.4, 0.5) is 0 Å². The quantitative estimate of drug-likeness (QED) is 0.759. The maximum absolute atomic E-state index is 8.63. The van der Waals surface area contributed by atoms with E-state index in [2.05, 4.69) is 6.07 Å². The first-order chi connectivity index (χ1) is 7.07. The standard InChI is InChI=1S/C12H15NO2/c1-12(2,7-8-13)15-11-6-4-5-10(9-11)14-3/h4-6,9H,7H2,1-3H3. The molecular formula is C12H15NO2. The van der Waals surface area contributed by atoms with Crippen molar-refractivity contribution in [2.45, 2.75) is 25.9 Å². The average molecular weight is 205 g/mol. The smallest absolute Gasteiger partial charge is 0.123 e. The lowest BCUT2D eigenvalue weighted by molar-refractivity contribution is 0.114. The normalized spacial score (nSPS) is 10.5. The van der Waals surface area contributed by atoms with Crippen molar-refractivity contribution >= 4 is 0 Å². The zero-order valence-corrected chi connectivity index (χ0v) is 9.28. The molecular weight excluding hydrogens is 190 g/mol. The second-order valence-electron chi connectivity index (χ2n) is 3.88. The molecule has 0 aliphatic carbocycles. The van der Waals surface area contributed by atoms with E-state index in [0.29, 0.717) is 6.42 Å². The monoisotopic (exact) mass is 205 g/mol. The zero-order valence-electron chi connectivity index (χ0n) is 9.28. The van der Waals surface area contributed by atoms with Crippen molar-refractivity contribution in [3.63, 3.8) is 0 Å².